The molecule has 2 aromatic heterocycles. The molecule has 0 aliphatic rings. The van der Waals surface area contributed by atoms with Crippen LogP contribution in [-0.2, 0) is 12.8 Å². The van der Waals surface area contributed by atoms with Crippen LogP contribution in [0.25, 0.3) is 41.7 Å². The van der Waals surface area contributed by atoms with Gasteiger partial charge in [-0.25, -0.2) is 0 Å². The maximum Gasteiger partial charge on any atom is 0.195 e. The van der Waals surface area contributed by atoms with E-state index < -0.39 is 0 Å². The molecule has 0 fully saturated rings. The van der Waals surface area contributed by atoms with E-state index in [0.717, 1.165) is 54.6 Å². The fourth-order valence-corrected chi connectivity index (χ4v) is 7.41. The lowest BCUT2D eigenvalue weighted by Crippen LogP contribution is -1.95. The molecule has 2 nitrogen and oxygen atoms in total. The van der Waals surface area contributed by atoms with Crippen molar-refractivity contribution in [3.8, 4) is 0 Å². The van der Waals surface area contributed by atoms with Crippen LogP contribution in [0.2, 0.25) is 0 Å². The third-order valence-electron chi connectivity index (χ3n) is 6.75. The van der Waals surface area contributed by atoms with E-state index in [2.05, 4.69) is 26.0 Å². The molecule has 0 bridgehead atoms. The molecule has 4 heteroatoms. The molecule has 0 N–H and O–H groups in total. The number of hydrogen-bond donors (Lipinski definition) is 0. The zero-order valence-electron chi connectivity index (χ0n) is 19.0. The molecule has 3 aromatic carbocycles. The highest BCUT2D eigenvalue weighted by Crippen LogP contribution is 2.38. The van der Waals surface area contributed by atoms with Crippen LogP contribution in [0, 0.1) is 0 Å². The standard InChI is InChI=1S/C28H30O2S2/c1-3-5-7-9-11-17-13-23-25(29)19-16-22-20(15-21(19)27(23)31-17)26(30)24-14-18(32-28(22)24)12-10-8-6-4-2/h13-16H,3-12H2,1-2H3. The fraction of sp³-hybridized carbons (Fsp3) is 0.429. The van der Waals surface area contributed by atoms with Crippen LogP contribution in [0.4, 0.5) is 0 Å². The Balaban J connectivity index is 1.54. The third-order valence-corrected chi connectivity index (χ3v) is 9.20. The summed E-state index contributed by atoms with van der Waals surface area (Å²) in [7, 11) is 0. The number of rotatable bonds is 10. The maximum absolute atomic E-state index is 13.2. The number of thiophene rings is 2. The highest BCUT2D eigenvalue weighted by Gasteiger charge is 2.19. The Morgan fingerprint density at radius 2 is 0.969 bits per heavy atom. The average Bonchev–Trinajstić information content (AvgIpc) is 3.52. The van der Waals surface area contributed by atoms with Crippen molar-refractivity contribution in [3.63, 3.8) is 0 Å². The molecule has 166 valence electrons. The first-order chi connectivity index (χ1) is 15.6. The first-order valence-corrected chi connectivity index (χ1v) is 13.8. The van der Waals surface area contributed by atoms with Crippen molar-refractivity contribution >= 4 is 64.4 Å². The first kappa shape index (κ1) is 21.8. The van der Waals surface area contributed by atoms with Gasteiger partial charge in [0.25, 0.3) is 0 Å². The summed E-state index contributed by atoms with van der Waals surface area (Å²) in [6, 6.07) is 8.21. The van der Waals surface area contributed by atoms with Crippen molar-refractivity contribution in [2.24, 2.45) is 0 Å². The number of benzene rings is 1. The normalized spacial score (nSPS) is 12.3. The molecule has 32 heavy (non-hydrogen) atoms. The van der Waals surface area contributed by atoms with E-state index in [-0.39, 0.29) is 10.9 Å². The summed E-state index contributed by atoms with van der Waals surface area (Å²) in [5.41, 5.74) is 0.261. The second-order valence-corrected chi connectivity index (χ2v) is 11.4. The van der Waals surface area contributed by atoms with Crippen LogP contribution in [0.1, 0.15) is 75.0 Å². The van der Waals surface area contributed by atoms with E-state index in [0.29, 0.717) is 0 Å². The summed E-state index contributed by atoms with van der Waals surface area (Å²) in [6.07, 6.45) is 11.9. The van der Waals surface area contributed by atoms with Crippen molar-refractivity contribution < 1.29 is 0 Å². The van der Waals surface area contributed by atoms with E-state index in [1.807, 2.05) is 12.1 Å². The Morgan fingerprint density at radius 3 is 1.38 bits per heavy atom. The summed E-state index contributed by atoms with van der Waals surface area (Å²) in [4.78, 5) is 29.0. The lowest BCUT2D eigenvalue weighted by molar-refractivity contribution is 0.670. The Labute approximate surface area is 196 Å². The van der Waals surface area contributed by atoms with Crippen LogP contribution in [-0.4, -0.2) is 0 Å². The van der Waals surface area contributed by atoms with Crippen molar-refractivity contribution in [2.45, 2.75) is 78.1 Å². The van der Waals surface area contributed by atoms with E-state index in [1.54, 1.807) is 22.7 Å². The fourth-order valence-electron chi connectivity index (χ4n) is 4.96. The summed E-state index contributed by atoms with van der Waals surface area (Å²) < 4.78 is 2.14. The van der Waals surface area contributed by atoms with Gasteiger partial charge >= 0.3 is 0 Å². The van der Waals surface area contributed by atoms with Gasteiger partial charge in [0.2, 0.25) is 0 Å². The van der Waals surface area contributed by atoms with Crippen LogP contribution < -0.4 is 10.9 Å². The van der Waals surface area contributed by atoms with Gasteiger partial charge in [-0.3, -0.25) is 9.59 Å². The largest absolute Gasteiger partial charge is 0.289 e. The molecule has 0 aliphatic heterocycles. The van der Waals surface area contributed by atoms with E-state index in [4.69, 9.17) is 0 Å². The highest BCUT2D eigenvalue weighted by molar-refractivity contribution is 7.20. The second-order valence-electron chi connectivity index (χ2n) is 9.13. The molecule has 0 spiro atoms. The monoisotopic (exact) mass is 462 g/mol. The SMILES string of the molecule is CCCCCCc1cc2c(=O)c3cc4c(cc3c2s1)c(=O)c1cc(CCCCCC)sc14. The van der Waals surface area contributed by atoms with E-state index in [1.165, 1.54) is 61.1 Å². The molecular formula is C28H30O2S2. The maximum atomic E-state index is 13.2. The zero-order chi connectivity index (χ0) is 22.2. The minimum atomic E-state index is 0.131. The lowest BCUT2D eigenvalue weighted by Gasteiger charge is -1.98. The molecule has 5 rings (SSSR count). The zero-order valence-corrected chi connectivity index (χ0v) is 20.6. The summed E-state index contributed by atoms with van der Waals surface area (Å²) in [6.45, 7) is 4.45. The van der Waals surface area contributed by atoms with Crippen LogP contribution >= 0.6 is 22.7 Å². The van der Waals surface area contributed by atoms with Crippen molar-refractivity contribution in [1.29, 1.82) is 0 Å². The van der Waals surface area contributed by atoms with Crippen molar-refractivity contribution in [3.05, 3.63) is 54.5 Å². The number of hydrogen-bond acceptors (Lipinski definition) is 4. The molecule has 0 radical (unpaired) electrons. The Morgan fingerprint density at radius 1 is 0.531 bits per heavy atom. The Hall–Kier alpha value is -2.04. The van der Waals surface area contributed by atoms with Gasteiger partial charge in [-0.1, -0.05) is 52.4 Å². The number of aryl methyl sites for hydroxylation is 2. The van der Waals surface area contributed by atoms with Crippen LogP contribution in [0.3, 0.4) is 0 Å². The third kappa shape index (κ3) is 3.72. The van der Waals surface area contributed by atoms with Gasteiger partial charge in [0.15, 0.2) is 10.9 Å². The van der Waals surface area contributed by atoms with Crippen LogP contribution in [0.15, 0.2) is 33.9 Å². The van der Waals surface area contributed by atoms with Crippen molar-refractivity contribution in [1.82, 2.24) is 0 Å². The molecule has 0 atom stereocenters. The van der Waals surface area contributed by atoms with Gasteiger partial charge in [-0.2, -0.15) is 0 Å². The molecule has 0 unspecified atom stereocenters. The summed E-state index contributed by atoms with van der Waals surface area (Å²) >= 11 is 3.49. The molecule has 0 amide bonds. The average molecular weight is 463 g/mol. The van der Waals surface area contributed by atoms with Gasteiger partial charge in [0.05, 0.1) is 0 Å². The number of unbranched alkanes of at least 4 members (excludes halogenated alkanes) is 6. The van der Waals surface area contributed by atoms with E-state index >= 15 is 0 Å². The second kappa shape index (κ2) is 9.07. The quantitative estimate of drug-likeness (QED) is 0.196. The summed E-state index contributed by atoms with van der Waals surface area (Å²) in [5, 5.41) is 5.18. The predicted molar refractivity (Wildman–Crippen MR) is 143 cm³/mol. The molecule has 2 heterocycles. The predicted octanol–water partition coefficient (Wildman–Crippen LogP) is 8.26. The molecule has 0 saturated carbocycles. The van der Waals surface area contributed by atoms with Crippen molar-refractivity contribution in [2.75, 3.05) is 0 Å². The molecule has 0 saturated heterocycles. The Bertz CT molecular complexity index is 1380. The van der Waals surface area contributed by atoms with E-state index in [9.17, 15) is 9.59 Å². The minimum Gasteiger partial charge on any atom is -0.289 e. The minimum absolute atomic E-state index is 0.131. The first-order valence-electron chi connectivity index (χ1n) is 12.2. The van der Waals surface area contributed by atoms with Gasteiger partial charge in [-0.05, 0) is 49.9 Å². The Kier molecular flexibility index (Phi) is 6.18. The van der Waals surface area contributed by atoms with Gasteiger partial charge < -0.3 is 0 Å². The van der Waals surface area contributed by atoms with Gasteiger partial charge in [0, 0.05) is 51.5 Å². The molecular weight excluding hydrogens is 432 g/mol. The summed E-state index contributed by atoms with van der Waals surface area (Å²) in [5.74, 6) is 0. The molecule has 5 aromatic rings. The smallest absolute Gasteiger partial charge is 0.195 e. The highest BCUT2D eigenvalue weighted by atomic mass is 32.1. The topological polar surface area (TPSA) is 34.1 Å². The van der Waals surface area contributed by atoms with Gasteiger partial charge in [0.1, 0.15) is 0 Å². The molecule has 0 aliphatic carbocycles. The lowest BCUT2D eigenvalue weighted by atomic mass is 10.1. The van der Waals surface area contributed by atoms with Crippen LogP contribution in [0.5, 0.6) is 0 Å². The number of fused-ring (bicyclic) bond motifs is 6. The van der Waals surface area contributed by atoms with Gasteiger partial charge in [-0.15, -0.1) is 22.7 Å².